The van der Waals surface area contributed by atoms with Crippen LogP contribution in [0, 0.1) is 5.92 Å². The minimum absolute atomic E-state index is 0.0251. The number of fused-ring (bicyclic) bond motifs is 3. The Kier molecular flexibility index (Phi) is 3.92. The van der Waals surface area contributed by atoms with Crippen LogP contribution in [0.3, 0.4) is 0 Å². The topological polar surface area (TPSA) is 78.1 Å². The summed E-state index contributed by atoms with van der Waals surface area (Å²) in [4.78, 5) is 36.2. The van der Waals surface area contributed by atoms with E-state index < -0.39 is 0 Å². The highest BCUT2D eigenvalue weighted by Gasteiger charge is 2.27. The Bertz CT molecular complexity index is 856. The molecule has 0 saturated carbocycles. The molecule has 1 aliphatic carbocycles. The highest BCUT2D eigenvalue weighted by atomic mass is 32.1. The number of nitrogens with zero attached hydrogens (tertiary/aromatic N) is 2. The lowest BCUT2D eigenvalue weighted by Crippen LogP contribution is -2.48. The molecule has 2 N–H and O–H groups in total. The highest BCUT2D eigenvalue weighted by molar-refractivity contribution is 7.18. The van der Waals surface area contributed by atoms with Crippen LogP contribution >= 0.6 is 11.3 Å². The van der Waals surface area contributed by atoms with E-state index in [9.17, 15) is 9.59 Å². The normalized spacial score (nSPS) is 23.1. The summed E-state index contributed by atoms with van der Waals surface area (Å²) in [6.45, 7) is 6.02. The number of piperazine rings is 1. The second kappa shape index (κ2) is 5.97. The van der Waals surface area contributed by atoms with Crippen LogP contribution in [0.4, 0.5) is 0 Å². The Labute approximate surface area is 144 Å². The van der Waals surface area contributed by atoms with Gasteiger partial charge in [0, 0.05) is 18.0 Å². The molecule has 0 unspecified atom stereocenters. The van der Waals surface area contributed by atoms with Crippen LogP contribution in [-0.4, -0.2) is 40.4 Å². The molecule has 2 atom stereocenters. The van der Waals surface area contributed by atoms with E-state index in [1.54, 1.807) is 11.3 Å². The van der Waals surface area contributed by atoms with Crippen LogP contribution in [0.25, 0.3) is 10.2 Å². The Balaban J connectivity index is 1.73. The molecule has 2 aromatic rings. The Morgan fingerprint density at radius 1 is 1.38 bits per heavy atom. The fourth-order valence-electron chi connectivity index (χ4n) is 3.73. The van der Waals surface area contributed by atoms with Crippen molar-refractivity contribution < 1.29 is 4.79 Å². The van der Waals surface area contributed by atoms with Gasteiger partial charge in [0.15, 0.2) is 0 Å². The average Bonchev–Trinajstić information content (AvgIpc) is 2.91. The summed E-state index contributed by atoms with van der Waals surface area (Å²) in [6.07, 6.45) is 3.16. The van der Waals surface area contributed by atoms with Crippen molar-refractivity contribution in [2.75, 3.05) is 19.6 Å². The number of H-pyrrole nitrogens is 1. The van der Waals surface area contributed by atoms with Crippen LogP contribution < -0.4 is 10.9 Å². The van der Waals surface area contributed by atoms with Gasteiger partial charge in [0.2, 0.25) is 5.91 Å². The van der Waals surface area contributed by atoms with Crippen LogP contribution in [-0.2, 0) is 17.6 Å². The van der Waals surface area contributed by atoms with Gasteiger partial charge in [-0.2, -0.15) is 0 Å². The molecule has 0 radical (unpaired) electrons. The zero-order valence-corrected chi connectivity index (χ0v) is 14.8. The number of aromatic amines is 1. The summed E-state index contributed by atoms with van der Waals surface area (Å²) >= 11 is 1.67. The summed E-state index contributed by atoms with van der Waals surface area (Å²) in [5.41, 5.74) is 1.17. The van der Waals surface area contributed by atoms with Gasteiger partial charge in [-0.3, -0.25) is 14.5 Å². The largest absolute Gasteiger partial charge is 0.354 e. The minimum Gasteiger partial charge on any atom is -0.354 e. The maximum atomic E-state index is 12.7. The minimum atomic E-state index is -0.0776. The van der Waals surface area contributed by atoms with E-state index in [4.69, 9.17) is 4.98 Å². The van der Waals surface area contributed by atoms with E-state index in [-0.39, 0.29) is 17.5 Å². The number of aromatic nitrogens is 2. The molecular weight excluding hydrogens is 324 g/mol. The Hall–Kier alpha value is -1.73. The number of hydrogen-bond donors (Lipinski definition) is 2. The fraction of sp³-hybridized carbons (Fsp3) is 0.588. The number of nitrogens with one attached hydrogen (secondary N) is 2. The first-order valence-corrected chi connectivity index (χ1v) is 9.39. The zero-order chi connectivity index (χ0) is 16.8. The summed E-state index contributed by atoms with van der Waals surface area (Å²) < 4.78 is 0. The molecule has 1 amide bonds. The summed E-state index contributed by atoms with van der Waals surface area (Å²) in [5, 5.41) is 3.61. The van der Waals surface area contributed by atoms with Crippen LogP contribution in [0.2, 0.25) is 0 Å². The van der Waals surface area contributed by atoms with Crippen LogP contribution in [0.1, 0.15) is 42.6 Å². The molecule has 0 bridgehead atoms. The van der Waals surface area contributed by atoms with Gasteiger partial charge in [-0.05, 0) is 37.7 Å². The smallest absolute Gasteiger partial charge is 0.259 e. The molecule has 1 fully saturated rings. The lowest BCUT2D eigenvalue weighted by Gasteiger charge is -2.31. The number of thiophene rings is 1. The van der Waals surface area contributed by atoms with Crippen LogP contribution in [0.15, 0.2) is 4.79 Å². The van der Waals surface area contributed by atoms with Crippen molar-refractivity contribution in [3.63, 3.8) is 0 Å². The highest BCUT2D eigenvalue weighted by Crippen LogP contribution is 2.36. The van der Waals surface area contributed by atoms with Crippen molar-refractivity contribution in [1.29, 1.82) is 0 Å². The molecule has 4 rings (SSSR count). The molecular formula is C17H22N4O2S. The van der Waals surface area contributed by atoms with E-state index in [2.05, 4.69) is 22.1 Å². The predicted octanol–water partition coefficient (Wildman–Crippen LogP) is 1.60. The molecule has 24 heavy (non-hydrogen) atoms. The zero-order valence-electron chi connectivity index (χ0n) is 14.0. The second-order valence-corrected chi connectivity index (χ2v) is 8.06. The summed E-state index contributed by atoms with van der Waals surface area (Å²) in [5.74, 6) is 1.36. The standard InChI is InChI=1S/C17H22N4O2S/c1-9-3-4-11-12(7-9)24-17-14(11)16(23)19-15(20-17)10(2)21-6-5-18-13(22)8-21/h9-10H,3-8H2,1-2H3,(H,18,22)(H,19,20,23)/t9-,10-/m1/s1. The monoisotopic (exact) mass is 346 g/mol. The number of amides is 1. The molecule has 0 spiro atoms. The molecule has 6 nitrogen and oxygen atoms in total. The first-order chi connectivity index (χ1) is 11.5. The van der Waals surface area contributed by atoms with Crippen molar-refractivity contribution in [2.24, 2.45) is 5.92 Å². The molecule has 128 valence electrons. The molecule has 7 heteroatoms. The lowest BCUT2D eigenvalue weighted by molar-refractivity contribution is -0.124. The van der Waals surface area contributed by atoms with Crippen molar-refractivity contribution in [1.82, 2.24) is 20.2 Å². The first-order valence-electron chi connectivity index (χ1n) is 8.58. The van der Waals surface area contributed by atoms with Gasteiger partial charge in [0.1, 0.15) is 10.7 Å². The van der Waals surface area contributed by atoms with Crippen molar-refractivity contribution >= 4 is 27.5 Å². The van der Waals surface area contributed by atoms with Gasteiger partial charge in [-0.15, -0.1) is 11.3 Å². The SMILES string of the molecule is C[C@@H]1CCc2c(sc3nc([C@@H](C)N4CCNC(=O)C4)[nH]c(=O)c23)C1. The number of hydrogen-bond acceptors (Lipinski definition) is 5. The number of aryl methyl sites for hydroxylation is 1. The van der Waals surface area contributed by atoms with Gasteiger partial charge >= 0.3 is 0 Å². The van der Waals surface area contributed by atoms with Crippen molar-refractivity contribution in [3.05, 3.63) is 26.6 Å². The number of rotatable bonds is 2. The average molecular weight is 346 g/mol. The van der Waals surface area contributed by atoms with Gasteiger partial charge in [-0.1, -0.05) is 6.92 Å². The van der Waals surface area contributed by atoms with E-state index in [1.165, 1.54) is 10.4 Å². The quantitative estimate of drug-likeness (QED) is 0.866. The molecule has 2 aliphatic rings. The molecule has 1 saturated heterocycles. The van der Waals surface area contributed by atoms with Gasteiger partial charge in [0.25, 0.3) is 5.56 Å². The van der Waals surface area contributed by atoms with E-state index in [0.717, 1.165) is 36.0 Å². The maximum Gasteiger partial charge on any atom is 0.259 e. The van der Waals surface area contributed by atoms with Gasteiger partial charge in [0.05, 0.1) is 18.0 Å². The summed E-state index contributed by atoms with van der Waals surface area (Å²) in [6, 6.07) is -0.0776. The molecule has 1 aliphatic heterocycles. The van der Waals surface area contributed by atoms with Crippen molar-refractivity contribution in [3.8, 4) is 0 Å². The predicted molar refractivity (Wildman–Crippen MR) is 94.4 cm³/mol. The molecule has 0 aromatic carbocycles. The van der Waals surface area contributed by atoms with Crippen LogP contribution in [0.5, 0.6) is 0 Å². The van der Waals surface area contributed by atoms with Gasteiger partial charge in [-0.25, -0.2) is 4.98 Å². The third-order valence-electron chi connectivity index (χ3n) is 5.20. The maximum absolute atomic E-state index is 12.7. The third-order valence-corrected chi connectivity index (χ3v) is 6.34. The van der Waals surface area contributed by atoms with Gasteiger partial charge < -0.3 is 10.3 Å². The number of carbonyl (C=O) groups is 1. The van der Waals surface area contributed by atoms with E-state index in [1.807, 2.05) is 6.92 Å². The molecule has 3 heterocycles. The molecule has 2 aromatic heterocycles. The second-order valence-electron chi connectivity index (χ2n) is 6.98. The summed E-state index contributed by atoms with van der Waals surface area (Å²) in [7, 11) is 0. The number of carbonyl (C=O) groups excluding carboxylic acids is 1. The van der Waals surface area contributed by atoms with E-state index in [0.29, 0.717) is 24.8 Å². The lowest BCUT2D eigenvalue weighted by atomic mass is 9.89. The van der Waals surface area contributed by atoms with Crippen molar-refractivity contribution in [2.45, 2.75) is 39.2 Å². The Morgan fingerprint density at radius 2 is 2.21 bits per heavy atom. The first kappa shape index (κ1) is 15.8. The third kappa shape index (κ3) is 2.65. The Morgan fingerprint density at radius 3 is 3.00 bits per heavy atom. The fourth-order valence-corrected chi connectivity index (χ4v) is 5.12. The van der Waals surface area contributed by atoms with E-state index >= 15 is 0 Å².